The van der Waals surface area contributed by atoms with Crippen LogP contribution in [0.4, 0.5) is 0 Å². The third kappa shape index (κ3) is 7.52. The molecule has 10 heteroatoms. The van der Waals surface area contributed by atoms with Crippen molar-refractivity contribution in [3.63, 3.8) is 0 Å². The number of amides is 1. The molecule has 0 radical (unpaired) electrons. The smallest absolute Gasteiger partial charge is 0.277 e. The summed E-state index contributed by atoms with van der Waals surface area (Å²) in [6.07, 6.45) is 2.88. The molecule has 1 aliphatic carbocycles. The Balaban J connectivity index is 1.35. The summed E-state index contributed by atoms with van der Waals surface area (Å²) < 4.78 is 41.6. The third-order valence-corrected chi connectivity index (χ3v) is 8.64. The fourth-order valence-electron chi connectivity index (χ4n) is 5.25. The molecule has 0 atom stereocenters. The first-order valence-corrected chi connectivity index (χ1v) is 14.4. The van der Waals surface area contributed by atoms with E-state index < -0.39 is 10.2 Å². The van der Waals surface area contributed by atoms with E-state index in [0.29, 0.717) is 57.0 Å². The highest BCUT2D eigenvalue weighted by atomic mass is 32.2. The van der Waals surface area contributed by atoms with Crippen molar-refractivity contribution in [1.82, 2.24) is 19.7 Å². The number of nitrogens with one attached hydrogen (secondary N) is 3. The quantitative estimate of drug-likeness (QED) is 0.411. The molecule has 2 fully saturated rings. The molecule has 202 valence electrons. The summed E-state index contributed by atoms with van der Waals surface area (Å²) >= 11 is 0. The Morgan fingerprint density at radius 3 is 2.43 bits per heavy atom. The zero-order chi connectivity index (χ0) is 26.1. The molecular formula is C27H38N4O5S. The van der Waals surface area contributed by atoms with Crippen LogP contribution in [0.1, 0.15) is 41.6 Å². The standard InChI is InChI=1S/C27H38N4O5S/c1-35-25-10-6-5-9-24(25)26(32)28-21-27(22-7-3-2-4-8-22)13-11-23(12-14-27)30-37(33,34)29-15-16-31-17-19-36-20-18-31/h2-10,23,29-30H,11-21H2,1H3,(H,28,32)/t23-,27-. The van der Waals surface area contributed by atoms with E-state index in [-0.39, 0.29) is 17.4 Å². The molecule has 4 rings (SSSR count). The van der Waals surface area contributed by atoms with Crippen LogP contribution in [-0.4, -0.2) is 78.3 Å². The lowest BCUT2D eigenvalue weighted by Gasteiger charge is -2.41. The van der Waals surface area contributed by atoms with Crippen molar-refractivity contribution in [2.24, 2.45) is 0 Å². The van der Waals surface area contributed by atoms with Crippen molar-refractivity contribution >= 4 is 16.1 Å². The number of benzene rings is 2. The van der Waals surface area contributed by atoms with Crippen LogP contribution < -0.4 is 19.5 Å². The summed E-state index contributed by atoms with van der Waals surface area (Å²) in [5.41, 5.74) is 1.38. The summed E-state index contributed by atoms with van der Waals surface area (Å²) in [7, 11) is -2.04. The lowest BCUT2D eigenvalue weighted by atomic mass is 9.68. The number of hydrogen-bond donors (Lipinski definition) is 3. The van der Waals surface area contributed by atoms with E-state index in [1.54, 1.807) is 19.2 Å². The molecule has 1 saturated heterocycles. The highest BCUT2D eigenvalue weighted by molar-refractivity contribution is 7.87. The maximum absolute atomic E-state index is 13.0. The predicted molar refractivity (Wildman–Crippen MR) is 143 cm³/mol. The van der Waals surface area contributed by atoms with Crippen molar-refractivity contribution in [2.75, 3.05) is 53.0 Å². The van der Waals surface area contributed by atoms with Gasteiger partial charge in [-0.05, 0) is 43.4 Å². The maximum Gasteiger partial charge on any atom is 0.277 e. The second-order valence-electron chi connectivity index (χ2n) is 9.77. The second-order valence-corrected chi connectivity index (χ2v) is 11.3. The highest BCUT2D eigenvalue weighted by Crippen LogP contribution is 2.39. The average Bonchev–Trinajstić information content (AvgIpc) is 2.93. The molecule has 2 aromatic carbocycles. The summed E-state index contributed by atoms with van der Waals surface area (Å²) in [5, 5.41) is 3.12. The first kappa shape index (κ1) is 27.5. The summed E-state index contributed by atoms with van der Waals surface area (Å²) in [5.74, 6) is 0.355. The lowest BCUT2D eigenvalue weighted by Crippen LogP contribution is -2.50. The SMILES string of the molecule is COc1ccccc1C(=O)NC[C@]1(c2ccccc2)CC[C@H](NS(=O)(=O)NCCN2CCOCC2)CC1. The highest BCUT2D eigenvalue weighted by Gasteiger charge is 2.38. The minimum atomic E-state index is -3.59. The van der Waals surface area contributed by atoms with E-state index >= 15 is 0 Å². The summed E-state index contributed by atoms with van der Waals surface area (Å²) in [6.45, 7) is 4.53. The number of rotatable bonds is 11. The molecule has 0 unspecified atom stereocenters. The Morgan fingerprint density at radius 1 is 1.05 bits per heavy atom. The Hall–Kier alpha value is -2.50. The molecule has 0 aromatic heterocycles. The Kier molecular flexibility index (Phi) is 9.55. The van der Waals surface area contributed by atoms with E-state index in [0.717, 1.165) is 31.5 Å². The van der Waals surface area contributed by atoms with Crippen LogP contribution in [0.3, 0.4) is 0 Å². The van der Waals surface area contributed by atoms with Gasteiger partial charge < -0.3 is 14.8 Å². The molecule has 1 aliphatic heterocycles. The maximum atomic E-state index is 13.0. The van der Waals surface area contributed by atoms with Gasteiger partial charge in [0, 0.05) is 44.2 Å². The lowest BCUT2D eigenvalue weighted by molar-refractivity contribution is 0.0390. The fourth-order valence-corrected chi connectivity index (χ4v) is 6.37. The van der Waals surface area contributed by atoms with E-state index in [9.17, 15) is 13.2 Å². The van der Waals surface area contributed by atoms with E-state index in [1.807, 2.05) is 30.3 Å². The monoisotopic (exact) mass is 530 g/mol. The number of hydrogen-bond acceptors (Lipinski definition) is 6. The molecule has 3 N–H and O–H groups in total. The van der Waals surface area contributed by atoms with Gasteiger partial charge in [-0.3, -0.25) is 9.69 Å². The molecule has 1 saturated carbocycles. The molecule has 0 bridgehead atoms. The normalized spacial score (nSPS) is 22.9. The number of carbonyl (C=O) groups is 1. The molecule has 1 amide bonds. The van der Waals surface area contributed by atoms with Gasteiger partial charge in [0.25, 0.3) is 16.1 Å². The predicted octanol–water partition coefficient (Wildman–Crippen LogP) is 2.06. The number of methoxy groups -OCH3 is 1. The van der Waals surface area contributed by atoms with Gasteiger partial charge in [0.1, 0.15) is 5.75 Å². The van der Waals surface area contributed by atoms with Crippen LogP contribution in [0, 0.1) is 0 Å². The number of morpholine rings is 1. The van der Waals surface area contributed by atoms with Gasteiger partial charge in [-0.2, -0.15) is 13.1 Å². The van der Waals surface area contributed by atoms with Crippen LogP contribution in [0.25, 0.3) is 0 Å². The van der Waals surface area contributed by atoms with E-state index in [4.69, 9.17) is 9.47 Å². The van der Waals surface area contributed by atoms with Crippen LogP contribution in [0.2, 0.25) is 0 Å². The van der Waals surface area contributed by atoms with Gasteiger partial charge in [0.2, 0.25) is 0 Å². The van der Waals surface area contributed by atoms with Crippen molar-refractivity contribution in [3.05, 3.63) is 65.7 Å². The molecule has 2 aliphatic rings. The van der Waals surface area contributed by atoms with E-state index in [1.165, 1.54) is 0 Å². The van der Waals surface area contributed by atoms with Crippen LogP contribution >= 0.6 is 0 Å². The van der Waals surface area contributed by atoms with Crippen molar-refractivity contribution in [2.45, 2.75) is 37.1 Å². The largest absolute Gasteiger partial charge is 0.496 e. The van der Waals surface area contributed by atoms with Gasteiger partial charge in [0.05, 0.1) is 25.9 Å². The molecule has 37 heavy (non-hydrogen) atoms. The number of carbonyl (C=O) groups excluding carboxylic acids is 1. The molecule has 9 nitrogen and oxygen atoms in total. The van der Waals surface area contributed by atoms with E-state index in [2.05, 4.69) is 31.8 Å². The van der Waals surface area contributed by atoms with Gasteiger partial charge >= 0.3 is 0 Å². The zero-order valence-electron chi connectivity index (χ0n) is 21.4. The van der Waals surface area contributed by atoms with Gasteiger partial charge in [-0.15, -0.1) is 0 Å². The zero-order valence-corrected chi connectivity index (χ0v) is 22.3. The average molecular weight is 531 g/mol. The molecular weight excluding hydrogens is 492 g/mol. The first-order chi connectivity index (χ1) is 17.9. The van der Waals surface area contributed by atoms with Gasteiger partial charge in [-0.25, -0.2) is 4.72 Å². The Morgan fingerprint density at radius 2 is 1.73 bits per heavy atom. The number of nitrogens with zero attached hydrogens (tertiary/aromatic N) is 1. The first-order valence-electron chi connectivity index (χ1n) is 12.9. The third-order valence-electron chi connectivity index (χ3n) is 7.41. The van der Waals surface area contributed by atoms with Crippen LogP contribution in [0.5, 0.6) is 5.75 Å². The number of ether oxygens (including phenoxy) is 2. The Bertz CT molecular complexity index is 1110. The molecule has 1 heterocycles. The van der Waals surface area contributed by atoms with Crippen molar-refractivity contribution in [1.29, 1.82) is 0 Å². The minimum Gasteiger partial charge on any atom is -0.496 e. The Labute approximate surface area is 220 Å². The molecule has 0 spiro atoms. The molecule has 2 aromatic rings. The fraction of sp³-hybridized carbons (Fsp3) is 0.519. The van der Waals surface area contributed by atoms with Gasteiger partial charge in [0.15, 0.2) is 0 Å². The van der Waals surface area contributed by atoms with Crippen molar-refractivity contribution < 1.29 is 22.7 Å². The number of para-hydroxylation sites is 1. The second kappa shape index (κ2) is 12.8. The minimum absolute atomic E-state index is 0.150. The summed E-state index contributed by atoms with van der Waals surface area (Å²) in [6, 6.07) is 17.2. The summed E-state index contributed by atoms with van der Waals surface area (Å²) in [4.78, 5) is 15.2. The van der Waals surface area contributed by atoms with Crippen molar-refractivity contribution in [3.8, 4) is 5.75 Å². The van der Waals surface area contributed by atoms with Gasteiger partial charge in [-0.1, -0.05) is 42.5 Å². The van der Waals surface area contributed by atoms with Crippen LogP contribution in [-0.2, 0) is 20.4 Å². The topological polar surface area (TPSA) is 109 Å². The van der Waals surface area contributed by atoms with Crippen LogP contribution in [0.15, 0.2) is 54.6 Å².